The van der Waals surface area contributed by atoms with Crippen LogP contribution >= 0.6 is 35.3 Å². The molecule has 124 valence electrons. The Kier molecular flexibility index (Phi) is 4.60. The van der Waals surface area contributed by atoms with Gasteiger partial charge in [-0.3, -0.25) is 0 Å². The van der Waals surface area contributed by atoms with Crippen molar-refractivity contribution in [1.29, 1.82) is 0 Å². The summed E-state index contributed by atoms with van der Waals surface area (Å²) in [6, 6.07) is 5.56. The minimum Gasteiger partial charge on any atom is -0.493 e. The first-order valence-electron chi connectivity index (χ1n) is 6.52. The highest BCUT2D eigenvalue weighted by molar-refractivity contribution is 7.20. The van der Waals surface area contributed by atoms with E-state index < -0.39 is 0 Å². The van der Waals surface area contributed by atoms with Gasteiger partial charge in [0, 0.05) is 10.9 Å². The van der Waals surface area contributed by atoms with Gasteiger partial charge in [-0.25, -0.2) is 0 Å². The maximum Gasteiger partial charge on any atom is 0.235 e. The van der Waals surface area contributed by atoms with Gasteiger partial charge in [0.1, 0.15) is 5.69 Å². The van der Waals surface area contributed by atoms with Gasteiger partial charge in [-0.15, -0.1) is 27.7 Å². The van der Waals surface area contributed by atoms with Gasteiger partial charge >= 0.3 is 0 Å². The van der Waals surface area contributed by atoms with Gasteiger partial charge in [0.2, 0.25) is 4.96 Å². The summed E-state index contributed by atoms with van der Waals surface area (Å²) in [5.41, 5.74) is 1.58. The van der Waals surface area contributed by atoms with E-state index in [-0.39, 0.29) is 12.4 Å². The van der Waals surface area contributed by atoms with E-state index in [1.807, 2.05) is 23.6 Å². The predicted octanol–water partition coefficient (Wildman–Crippen LogP) is 2.81. The van der Waals surface area contributed by atoms with Crippen LogP contribution in [0.5, 0.6) is 11.5 Å². The molecule has 0 aliphatic carbocycles. The molecule has 3 heterocycles. The molecule has 0 bridgehead atoms. The van der Waals surface area contributed by atoms with Gasteiger partial charge in [-0.05, 0) is 29.7 Å². The van der Waals surface area contributed by atoms with Crippen LogP contribution in [0.2, 0.25) is 0 Å². The van der Waals surface area contributed by atoms with Crippen LogP contribution in [-0.2, 0) is 0 Å². The molecule has 24 heavy (non-hydrogen) atoms. The summed E-state index contributed by atoms with van der Waals surface area (Å²) in [4.78, 5) is 0.692. The Morgan fingerprint density at radius 1 is 1.04 bits per heavy atom. The Morgan fingerprint density at radius 3 is 2.58 bits per heavy atom. The van der Waals surface area contributed by atoms with E-state index in [4.69, 9.17) is 9.47 Å². The molecule has 1 aromatic carbocycles. The highest BCUT2D eigenvalue weighted by Crippen LogP contribution is 2.33. The number of methoxy groups -OCH3 is 2. The Bertz CT molecular complexity index is 968. The molecule has 0 spiro atoms. The zero-order valence-electron chi connectivity index (χ0n) is 12.5. The Labute approximate surface area is 150 Å². The van der Waals surface area contributed by atoms with E-state index >= 15 is 0 Å². The standard InChI is InChI=1S/C13H10N6O2S2.ClH/c1-20-9-4-3-7(5-10(9)21-2)11-15-16-13-19(11)17-12(23-13)8-6-22-18-14-8;/h3-6H,1-2H3;1H. The molecule has 0 atom stereocenters. The van der Waals surface area contributed by atoms with E-state index in [2.05, 4.69) is 24.9 Å². The van der Waals surface area contributed by atoms with Crippen LogP contribution in [0.15, 0.2) is 23.6 Å². The van der Waals surface area contributed by atoms with Gasteiger partial charge in [-0.1, -0.05) is 15.8 Å². The third kappa shape index (κ3) is 2.68. The van der Waals surface area contributed by atoms with Crippen molar-refractivity contribution in [2.24, 2.45) is 0 Å². The lowest BCUT2D eigenvalue weighted by molar-refractivity contribution is 0.355. The largest absolute Gasteiger partial charge is 0.493 e. The van der Waals surface area contributed by atoms with Crippen LogP contribution < -0.4 is 9.47 Å². The fourth-order valence-corrected chi connectivity index (χ4v) is 3.44. The zero-order valence-corrected chi connectivity index (χ0v) is 15.0. The number of halogens is 1. The number of hydrogen-bond acceptors (Lipinski definition) is 9. The summed E-state index contributed by atoms with van der Waals surface area (Å²) in [6.45, 7) is 0. The van der Waals surface area contributed by atoms with Crippen molar-refractivity contribution in [3.05, 3.63) is 23.6 Å². The van der Waals surface area contributed by atoms with Crippen LogP contribution in [0.3, 0.4) is 0 Å². The Morgan fingerprint density at radius 2 is 1.88 bits per heavy atom. The third-order valence-corrected chi connectivity index (χ3v) is 4.64. The van der Waals surface area contributed by atoms with Gasteiger partial charge in [0.25, 0.3) is 0 Å². The third-order valence-electron chi connectivity index (χ3n) is 3.21. The average Bonchev–Trinajstić information content (AvgIpc) is 3.29. The van der Waals surface area contributed by atoms with Crippen molar-refractivity contribution in [2.75, 3.05) is 14.2 Å². The second-order valence-corrected chi connectivity index (χ2v) is 6.05. The highest BCUT2D eigenvalue weighted by Gasteiger charge is 2.17. The van der Waals surface area contributed by atoms with Crippen molar-refractivity contribution in [3.63, 3.8) is 0 Å². The van der Waals surface area contributed by atoms with Crippen molar-refractivity contribution in [3.8, 4) is 33.6 Å². The average molecular weight is 383 g/mol. The molecule has 11 heteroatoms. The summed E-state index contributed by atoms with van der Waals surface area (Å²) >= 11 is 2.70. The smallest absolute Gasteiger partial charge is 0.235 e. The van der Waals surface area contributed by atoms with Crippen LogP contribution in [0, 0.1) is 0 Å². The molecule has 0 saturated carbocycles. The van der Waals surface area contributed by atoms with E-state index in [1.54, 1.807) is 18.7 Å². The number of hydrogen-bond donors (Lipinski definition) is 0. The molecule has 3 aromatic heterocycles. The number of rotatable bonds is 4. The summed E-state index contributed by atoms with van der Waals surface area (Å²) < 4.78 is 16.1. The first kappa shape index (κ1) is 16.6. The molecule has 0 aliphatic rings. The van der Waals surface area contributed by atoms with Crippen molar-refractivity contribution in [2.45, 2.75) is 0 Å². The number of benzene rings is 1. The molecule has 0 amide bonds. The molecule has 0 N–H and O–H groups in total. The topological polar surface area (TPSA) is 87.3 Å². The first-order valence-corrected chi connectivity index (χ1v) is 8.17. The number of fused-ring (bicyclic) bond motifs is 1. The van der Waals surface area contributed by atoms with Crippen LogP contribution in [-0.4, -0.2) is 43.6 Å². The quantitative estimate of drug-likeness (QED) is 0.536. The molecule has 0 saturated heterocycles. The minimum absolute atomic E-state index is 0. The molecule has 0 radical (unpaired) electrons. The zero-order chi connectivity index (χ0) is 15.8. The summed E-state index contributed by atoms with van der Waals surface area (Å²) in [6.07, 6.45) is 0. The lowest BCUT2D eigenvalue weighted by Crippen LogP contribution is -1.94. The molecule has 4 aromatic rings. The fraction of sp³-hybridized carbons (Fsp3) is 0.154. The van der Waals surface area contributed by atoms with Crippen molar-refractivity contribution in [1.82, 2.24) is 29.4 Å². The van der Waals surface area contributed by atoms with E-state index in [9.17, 15) is 0 Å². The van der Waals surface area contributed by atoms with Crippen LogP contribution in [0.1, 0.15) is 0 Å². The molecule has 8 nitrogen and oxygen atoms in total. The maximum absolute atomic E-state index is 5.33. The van der Waals surface area contributed by atoms with Crippen molar-refractivity contribution >= 4 is 40.2 Å². The van der Waals surface area contributed by atoms with E-state index in [0.717, 1.165) is 16.3 Å². The molecular formula is C13H11ClN6O2S2. The number of nitrogens with zero attached hydrogens (tertiary/aromatic N) is 6. The second-order valence-electron chi connectivity index (χ2n) is 4.49. The van der Waals surface area contributed by atoms with Crippen LogP contribution in [0.25, 0.3) is 27.1 Å². The Hall–Kier alpha value is -2.30. The first-order chi connectivity index (χ1) is 11.3. The van der Waals surface area contributed by atoms with E-state index in [1.165, 1.54) is 22.9 Å². The predicted molar refractivity (Wildman–Crippen MR) is 93.3 cm³/mol. The van der Waals surface area contributed by atoms with E-state index in [0.29, 0.717) is 22.3 Å². The number of ether oxygens (including phenoxy) is 2. The van der Waals surface area contributed by atoms with Gasteiger partial charge in [-0.2, -0.15) is 9.61 Å². The second kappa shape index (κ2) is 6.67. The molecular weight excluding hydrogens is 372 g/mol. The van der Waals surface area contributed by atoms with Gasteiger partial charge < -0.3 is 9.47 Å². The van der Waals surface area contributed by atoms with Gasteiger partial charge in [0.05, 0.1) is 14.2 Å². The van der Waals surface area contributed by atoms with Crippen molar-refractivity contribution < 1.29 is 9.47 Å². The summed E-state index contributed by atoms with van der Waals surface area (Å²) in [7, 11) is 3.19. The van der Waals surface area contributed by atoms with Crippen LogP contribution in [0.4, 0.5) is 0 Å². The Balaban J connectivity index is 0.00000169. The lowest BCUT2D eigenvalue weighted by atomic mass is 10.2. The normalized spacial score (nSPS) is 10.6. The number of aromatic nitrogens is 6. The summed E-state index contributed by atoms with van der Waals surface area (Å²) in [5, 5.41) is 19.6. The monoisotopic (exact) mass is 382 g/mol. The molecule has 0 aliphatic heterocycles. The molecule has 0 unspecified atom stereocenters. The molecule has 0 fully saturated rings. The lowest BCUT2D eigenvalue weighted by Gasteiger charge is -2.08. The molecule has 4 rings (SSSR count). The highest BCUT2D eigenvalue weighted by atomic mass is 35.5. The SMILES string of the molecule is COc1ccc(-c2nnc3sc(-c4csnn4)nn23)cc1OC.Cl. The maximum atomic E-state index is 5.33. The fourth-order valence-electron chi connectivity index (χ4n) is 2.13. The van der Waals surface area contributed by atoms with Gasteiger partial charge in [0.15, 0.2) is 22.3 Å². The summed E-state index contributed by atoms with van der Waals surface area (Å²) in [5.74, 6) is 1.91. The minimum atomic E-state index is 0.